The van der Waals surface area contributed by atoms with E-state index in [0.717, 1.165) is 18.5 Å². The predicted octanol–water partition coefficient (Wildman–Crippen LogP) is 3.67. The van der Waals surface area contributed by atoms with E-state index in [9.17, 15) is 14.7 Å². The summed E-state index contributed by atoms with van der Waals surface area (Å²) in [4.78, 5) is 28.2. The number of carboxylic acids is 1. The molecular weight excluding hydrogens is 414 g/mol. The Morgan fingerprint density at radius 1 is 1.31 bits per heavy atom. The van der Waals surface area contributed by atoms with Crippen molar-refractivity contribution in [2.24, 2.45) is 18.9 Å². The molecule has 1 amide bonds. The number of carbonyl (C=O) groups is 2. The second-order valence-corrected chi connectivity index (χ2v) is 8.46. The molecule has 2 aromatic rings. The van der Waals surface area contributed by atoms with Gasteiger partial charge in [-0.1, -0.05) is 26.0 Å². The molecule has 2 aromatic heterocycles. The second-order valence-electron chi connectivity index (χ2n) is 8.46. The van der Waals surface area contributed by atoms with Crippen molar-refractivity contribution in [3.05, 3.63) is 17.8 Å². The number of ether oxygens (including phenoxy) is 2. The molecule has 2 atom stereocenters. The Bertz CT molecular complexity index is 958. The van der Waals surface area contributed by atoms with Gasteiger partial charge in [-0.05, 0) is 50.2 Å². The molecule has 174 valence electrons. The maximum atomic E-state index is 12.1. The Morgan fingerprint density at radius 3 is 2.78 bits per heavy atom. The number of pyridine rings is 1. The van der Waals surface area contributed by atoms with Crippen molar-refractivity contribution in [2.75, 3.05) is 11.9 Å². The summed E-state index contributed by atoms with van der Waals surface area (Å²) in [6.45, 7) is 6.19. The van der Waals surface area contributed by atoms with E-state index in [1.54, 1.807) is 13.1 Å². The highest BCUT2D eigenvalue weighted by atomic mass is 16.5. The maximum absolute atomic E-state index is 12.1. The van der Waals surface area contributed by atoms with Crippen LogP contribution in [0.2, 0.25) is 0 Å². The van der Waals surface area contributed by atoms with E-state index in [0.29, 0.717) is 48.8 Å². The van der Waals surface area contributed by atoms with Crippen LogP contribution < -0.4 is 10.1 Å². The van der Waals surface area contributed by atoms with Crippen molar-refractivity contribution in [2.45, 2.75) is 59.0 Å². The third-order valence-corrected chi connectivity index (χ3v) is 5.37. The zero-order valence-corrected chi connectivity index (χ0v) is 19.0. The highest BCUT2D eigenvalue weighted by Gasteiger charge is 2.29. The fourth-order valence-corrected chi connectivity index (χ4v) is 3.68. The van der Waals surface area contributed by atoms with E-state index in [1.165, 1.54) is 4.68 Å². The zero-order valence-electron chi connectivity index (χ0n) is 19.0. The zero-order chi connectivity index (χ0) is 23.3. The maximum Gasteiger partial charge on any atom is 0.412 e. The number of carboxylic acid groups (broad SMARTS) is 1. The van der Waals surface area contributed by atoms with E-state index in [4.69, 9.17) is 9.47 Å². The highest BCUT2D eigenvalue weighted by Crippen LogP contribution is 2.31. The Morgan fingerprint density at radius 2 is 2.09 bits per heavy atom. The van der Waals surface area contributed by atoms with Crippen LogP contribution in [0.25, 0.3) is 11.4 Å². The van der Waals surface area contributed by atoms with Crippen molar-refractivity contribution in [1.82, 2.24) is 20.0 Å². The summed E-state index contributed by atoms with van der Waals surface area (Å²) in [6, 6.07) is 3.59. The number of aliphatic carboxylic acids is 1. The van der Waals surface area contributed by atoms with Gasteiger partial charge in [0.05, 0.1) is 30.0 Å². The molecule has 0 saturated heterocycles. The largest absolute Gasteiger partial charge is 0.488 e. The van der Waals surface area contributed by atoms with Crippen LogP contribution in [0.5, 0.6) is 5.75 Å². The Labute approximate surface area is 187 Å². The lowest BCUT2D eigenvalue weighted by Crippen LogP contribution is -2.29. The molecular formula is C22H31N5O5. The summed E-state index contributed by atoms with van der Waals surface area (Å²) < 4.78 is 12.8. The van der Waals surface area contributed by atoms with Gasteiger partial charge in [-0.2, -0.15) is 0 Å². The van der Waals surface area contributed by atoms with Crippen LogP contribution in [0.1, 0.15) is 52.1 Å². The van der Waals surface area contributed by atoms with Gasteiger partial charge >= 0.3 is 12.1 Å². The molecule has 0 radical (unpaired) electrons. The molecule has 3 rings (SSSR count). The van der Waals surface area contributed by atoms with E-state index >= 15 is 0 Å². The van der Waals surface area contributed by atoms with Gasteiger partial charge in [0, 0.05) is 7.05 Å². The number of aromatic nitrogens is 4. The van der Waals surface area contributed by atoms with E-state index in [1.807, 2.05) is 26.8 Å². The molecule has 0 bridgehead atoms. The Balaban J connectivity index is 1.77. The molecule has 0 unspecified atom stereocenters. The number of amides is 1. The Kier molecular flexibility index (Phi) is 7.66. The number of hydrogen-bond donors (Lipinski definition) is 2. The number of nitrogens with one attached hydrogen (secondary N) is 1. The van der Waals surface area contributed by atoms with Gasteiger partial charge in [-0.25, -0.2) is 14.5 Å². The fraction of sp³-hybridized carbons (Fsp3) is 0.591. The topological polar surface area (TPSA) is 128 Å². The smallest absolute Gasteiger partial charge is 0.412 e. The minimum atomic E-state index is -0.767. The Hall–Kier alpha value is -3.17. The first-order valence-electron chi connectivity index (χ1n) is 11.0. The van der Waals surface area contributed by atoms with Crippen LogP contribution in [0, 0.1) is 11.8 Å². The fourth-order valence-electron chi connectivity index (χ4n) is 3.68. The van der Waals surface area contributed by atoms with Crippen molar-refractivity contribution < 1.29 is 24.2 Å². The lowest BCUT2D eigenvalue weighted by atomic mass is 9.87. The van der Waals surface area contributed by atoms with Gasteiger partial charge in [-0.15, -0.1) is 5.10 Å². The summed E-state index contributed by atoms with van der Waals surface area (Å²) in [7, 11) is 1.68. The van der Waals surface area contributed by atoms with Crippen LogP contribution in [0.3, 0.4) is 0 Å². The number of rotatable bonds is 8. The van der Waals surface area contributed by atoms with Gasteiger partial charge < -0.3 is 14.6 Å². The number of anilines is 1. The normalized spacial score (nSPS) is 18.4. The summed E-state index contributed by atoms with van der Waals surface area (Å²) in [5.41, 5.74) is 1.71. The summed E-state index contributed by atoms with van der Waals surface area (Å²) in [5, 5.41) is 20.2. The van der Waals surface area contributed by atoms with Crippen LogP contribution in [-0.2, 0) is 23.0 Å². The van der Waals surface area contributed by atoms with Gasteiger partial charge in [0.2, 0.25) is 0 Å². The molecule has 1 saturated carbocycles. The molecule has 10 nitrogen and oxygen atoms in total. The molecule has 10 heteroatoms. The summed E-state index contributed by atoms with van der Waals surface area (Å²) in [6.07, 6.45) is 2.74. The average Bonchev–Trinajstić information content (AvgIpc) is 3.12. The lowest BCUT2D eigenvalue weighted by Gasteiger charge is -2.28. The predicted molar refractivity (Wildman–Crippen MR) is 117 cm³/mol. The minimum Gasteiger partial charge on any atom is -0.488 e. The van der Waals surface area contributed by atoms with Crippen molar-refractivity contribution in [3.63, 3.8) is 0 Å². The molecule has 2 heterocycles. The van der Waals surface area contributed by atoms with Gasteiger partial charge in [0.25, 0.3) is 0 Å². The molecule has 1 aliphatic carbocycles. The summed E-state index contributed by atoms with van der Waals surface area (Å²) in [5.74, 6) is 0.119. The van der Waals surface area contributed by atoms with Gasteiger partial charge in [0.1, 0.15) is 5.75 Å². The molecule has 2 N–H and O–H groups in total. The van der Waals surface area contributed by atoms with Crippen LogP contribution >= 0.6 is 0 Å². The molecule has 1 aliphatic rings. The number of nitrogens with zero attached hydrogens (tertiary/aromatic N) is 4. The van der Waals surface area contributed by atoms with Crippen molar-refractivity contribution in [1.29, 1.82) is 0 Å². The monoisotopic (exact) mass is 445 g/mol. The molecule has 0 aromatic carbocycles. The first kappa shape index (κ1) is 23.5. The van der Waals surface area contributed by atoms with Crippen molar-refractivity contribution >= 4 is 17.9 Å². The third-order valence-electron chi connectivity index (χ3n) is 5.37. The van der Waals surface area contributed by atoms with E-state index in [2.05, 4.69) is 20.6 Å². The van der Waals surface area contributed by atoms with Crippen molar-refractivity contribution in [3.8, 4) is 17.1 Å². The first-order valence-corrected chi connectivity index (χ1v) is 11.0. The van der Waals surface area contributed by atoms with Gasteiger partial charge in [-0.3, -0.25) is 10.1 Å². The lowest BCUT2D eigenvalue weighted by molar-refractivity contribution is -0.143. The highest BCUT2D eigenvalue weighted by molar-refractivity contribution is 5.88. The average molecular weight is 446 g/mol. The van der Waals surface area contributed by atoms with Gasteiger partial charge in [0.15, 0.2) is 11.5 Å². The van der Waals surface area contributed by atoms with E-state index in [-0.39, 0.29) is 17.9 Å². The SMILES string of the molecule is CCc1nc(-c2nnn(C)c2NC(=O)OCC(C)C)ccc1O[C@H]1CCC[C@H](C(=O)O)C1. The second kappa shape index (κ2) is 10.4. The first-order chi connectivity index (χ1) is 15.3. The van der Waals surface area contributed by atoms with Crippen LogP contribution in [0.4, 0.5) is 10.6 Å². The quantitative estimate of drug-likeness (QED) is 0.630. The molecule has 0 aliphatic heterocycles. The third kappa shape index (κ3) is 5.74. The van der Waals surface area contributed by atoms with Crippen LogP contribution in [0.15, 0.2) is 12.1 Å². The van der Waals surface area contributed by atoms with E-state index < -0.39 is 12.1 Å². The molecule has 1 fully saturated rings. The summed E-state index contributed by atoms with van der Waals surface area (Å²) >= 11 is 0. The molecule has 0 spiro atoms. The standard InChI is InChI=1S/C22H31N5O5/c1-5-16-18(32-15-8-6-7-14(11-15)21(28)29)10-9-17(23-16)19-20(27(4)26-25-19)24-22(30)31-12-13(2)3/h9-10,13-15H,5-8,11-12H2,1-4H3,(H,24,30)(H,28,29)/t14-,15-/m0/s1. The minimum absolute atomic E-state index is 0.146. The number of aryl methyl sites for hydroxylation is 2. The number of carbonyl (C=O) groups excluding carboxylic acids is 1. The molecule has 32 heavy (non-hydrogen) atoms. The number of hydrogen-bond acceptors (Lipinski definition) is 7. The van der Waals surface area contributed by atoms with Crippen LogP contribution in [-0.4, -0.2) is 49.9 Å².